The maximum absolute atomic E-state index is 12.7. The van der Waals surface area contributed by atoms with Crippen molar-refractivity contribution in [2.75, 3.05) is 13.2 Å². The van der Waals surface area contributed by atoms with Crippen LogP contribution in [0.4, 0.5) is 26.3 Å². The molecule has 0 spiro atoms. The summed E-state index contributed by atoms with van der Waals surface area (Å²) in [4.78, 5) is 20.9. The Balaban J connectivity index is 1.85. The van der Waals surface area contributed by atoms with E-state index in [1.807, 2.05) is 0 Å². The van der Waals surface area contributed by atoms with Crippen molar-refractivity contribution in [2.45, 2.75) is 30.5 Å². The zero-order valence-electron chi connectivity index (χ0n) is 16.0. The highest BCUT2D eigenvalue weighted by molar-refractivity contribution is 5.31. The number of alkyl halides is 6. The second-order valence-corrected chi connectivity index (χ2v) is 6.51. The third-order valence-electron chi connectivity index (χ3n) is 4.11. The fraction of sp³-hybridized carbons (Fsp3) is 0.368. The van der Waals surface area contributed by atoms with Crippen LogP contribution in [0.25, 0.3) is 0 Å². The average Bonchev–Trinajstić information content (AvgIpc) is 2.71. The van der Waals surface area contributed by atoms with Crippen molar-refractivity contribution >= 4 is 0 Å². The molecule has 2 aromatic rings. The molecule has 2 atom stereocenters. The lowest BCUT2D eigenvalue weighted by molar-refractivity contribution is -0.149. The van der Waals surface area contributed by atoms with Crippen molar-refractivity contribution in [1.29, 1.82) is 0 Å². The van der Waals surface area contributed by atoms with Crippen molar-refractivity contribution in [3.05, 3.63) is 69.5 Å². The van der Waals surface area contributed by atoms with Crippen LogP contribution in [0.1, 0.15) is 23.2 Å². The first-order valence-electron chi connectivity index (χ1n) is 8.87. The second kappa shape index (κ2) is 10.4. The lowest BCUT2D eigenvalue weighted by Gasteiger charge is -2.16. The van der Waals surface area contributed by atoms with Gasteiger partial charge in [-0.15, -0.1) is 9.81 Å². The summed E-state index contributed by atoms with van der Waals surface area (Å²) in [6.45, 7) is -0.617. The number of rotatable bonds is 10. The number of aliphatic hydroxyl groups is 1. The maximum Gasteiger partial charge on any atom is 0.418 e. The summed E-state index contributed by atoms with van der Waals surface area (Å²) in [7, 11) is 0. The molecule has 0 heterocycles. The first kappa shape index (κ1) is 25.0. The van der Waals surface area contributed by atoms with Crippen LogP contribution in [-0.4, -0.2) is 36.8 Å². The van der Waals surface area contributed by atoms with E-state index in [0.717, 1.165) is 24.3 Å². The first-order chi connectivity index (χ1) is 15.0. The minimum absolute atomic E-state index is 0.114. The Morgan fingerprint density at radius 2 is 1.00 bits per heavy atom. The number of ether oxygens (including phenoxy) is 2. The van der Waals surface area contributed by atoms with Gasteiger partial charge in [0.25, 0.3) is 0 Å². The number of nitroso groups, excluding NO2 is 2. The number of halogens is 6. The smallest absolute Gasteiger partial charge is 0.418 e. The molecule has 0 radical (unpaired) electrons. The Morgan fingerprint density at radius 1 is 0.688 bits per heavy atom. The number of hydrogen-bond acceptors (Lipinski definition) is 7. The Morgan fingerprint density at radius 3 is 1.25 bits per heavy atom. The van der Waals surface area contributed by atoms with Gasteiger partial charge in [0, 0.05) is 0 Å². The van der Waals surface area contributed by atoms with Crippen LogP contribution >= 0.6 is 0 Å². The first-order valence-corrected chi connectivity index (χ1v) is 8.87. The van der Waals surface area contributed by atoms with Crippen molar-refractivity contribution in [3.63, 3.8) is 0 Å². The van der Waals surface area contributed by atoms with Gasteiger partial charge in [-0.2, -0.15) is 26.3 Å². The summed E-state index contributed by atoms with van der Waals surface area (Å²) in [5.74, 6) is 0.229. The van der Waals surface area contributed by atoms with Gasteiger partial charge in [-0.1, -0.05) is 34.6 Å². The fourth-order valence-corrected chi connectivity index (χ4v) is 2.54. The van der Waals surface area contributed by atoms with E-state index >= 15 is 0 Å². The standard InChI is InChI=1S/C19H16F6N2O5/c20-18(21,22)16(26-29)11-1-5-14(6-2-11)31-9-13(28)10-32-15-7-3-12(4-8-15)17(27-30)19(23,24)25/h1-8,13,16-17,28H,9-10H2. The lowest BCUT2D eigenvalue weighted by Crippen LogP contribution is -2.25. The zero-order valence-corrected chi connectivity index (χ0v) is 16.0. The van der Waals surface area contributed by atoms with Gasteiger partial charge >= 0.3 is 12.4 Å². The van der Waals surface area contributed by atoms with E-state index in [0.29, 0.717) is 0 Å². The van der Waals surface area contributed by atoms with Crippen LogP contribution in [0.15, 0.2) is 58.9 Å². The molecule has 0 saturated carbocycles. The number of benzene rings is 2. The Labute approximate surface area is 176 Å². The Kier molecular flexibility index (Phi) is 8.14. The van der Waals surface area contributed by atoms with Gasteiger partial charge in [0.1, 0.15) is 30.8 Å². The highest BCUT2D eigenvalue weighted by atomic mass is 19.4. The molecular formula is C19H16F6N2O5. The molecule has 0 aliphatic heterocycles. The topological polar surface area (TPSA) is 97.6 Å². The van der Waals surface area contributed by atoms with Crippen molar-refractivity contribution in [2.24, 2.45) is 10.4 Å². The molecule has 0 aliphatic rings. The van der Waals surface area contributed by atoms with E-state index in [2.05, 4.69) is 10.4 Å². The van der Waals surface area contributed by atoms with Gasteiger partial charge in [-0.3, -0.25) is 0 Å². The molecule has 7 nitrogen and oxygen atoms in total. The van der Waals surface area contributed by atoms with Gasteiger partial charge in [0.15, 0.2) is 0 Å². The molecule has 174 valence electrons. The van der Waals surface area contributed by atoms with Crippen molar-refractivity contribution in [3.8, 4) is 11.5 Å². The van der Waals surface area contributed by atoms with Gasteiger partial charge in [-0.25, -0.2) is 0 Å². The molecule has 2 unspecified atom stereocenters. The molecule has 0 fully saturated rings. The van der Waals surface area contributed by atoms with Gasteiger partial charge < -0.3 is 14.6 Å². The van der Waals surface area contributed by atoms with Crippen LogP contribution in [-0.2, 0) is 0 Å². The third kappa shape index (κ3) is 6.90. The molecule has 2 aromatic carbocycles. The second-order valence-electron chi connectivity index (χ2n) is 6.51. The highest BCUT2D eigenvalue weighted by Crippen LogP contribution is 2.37. The van der Waals surface area contributed by atoms with Gasteiger partial charge in [0.2, 0.25) is 12.1 Å². The number of hydrogen-bond donors (Lipinski definition) is 1. The normalized spacial score (nSPS) is 14.8. The van der Waals surface area contributed by atoms with E-state index in [9.17, 15) is 41.3 Å². The minimum atomic E-state index is -4.83. The van der Waals surface area contributed by atoms with E-state index in [4.69, 9.17) is 9.47 Å². The molecule has 13 heteroatoms. The third-order valence-corrected chi connectivity index (χ3v) is 4.11. The minimum Gasteiger partial charge on any atom is -0.491 e. The largest absolute Gasteiger partial charge is 0.491 e. The van der Waals surface area contributed by atoms with Crippen LogP contribution < -0.4 is 9.47 Å². The molecule has 0 aromatic heterocycles. The molecular weight excluding hydrogens is 450 g/mol. The number of aliphatic hydroxyl groups excluding tert-OH is 1. The van der Waals surface area contributed by atoms with Crippen LogP contribution in [0.2, 0.25) is 0 Å². The molecule has 0 saturated heterocycles. The number of nitrogens with zero attached hydrogens (tertiary/aromatic N) is 2. The summed E-state index contributed by atoms with van der Waals surface area (Å²) >= 11 is 0. The molecule has 0 bridgehead atoms. The summed E-state index contributed by atoms with van der Waals surface area (Å²) in [5, 5.41) is 14.0. The van der Waals surface area contributed by atoms with Crippen LogP contribution in [0.5, 0.6) is 11.5 Å². The van der Waals surface area contributed by atoms with Crippen LogP contribution in [0.3, 0.4) is 0 Å². The van der Waals surface area contributed by atoms with Gasteiger partial charge in [-0.05, 0) is 35.4 Å². The average molecular weight is 466 g/mol. The lowest BCUT2D eigenvalue weighted by atomic mass is 10.1. The SMILES string of the molecule is O=NC(c1ccc(OCC(O)COc2ccc(C(N=O)C(F)(F)F)cc2)cc1)C(F)(F)F. The van der Waals surface area contributed by atoms with E-state index in [-0.39, 0.29) is 35.8 Å². The van der Waals surface area contributed by atoms with E-state index < -0.39 is 30.5 Å². The summed E-state index contributed by atoms with van der Waals surface area (Å²) < 4.78 is 86.5. The predicted octanol–water partition coefficient (Wildman–Crippen LogP) is 5.24. The molecule has 0 amide bonds. The quantitative estimate of drug-likeness (QED) is 0.381. The molecule has 1 N–H and O–H groups in total. The summed E-state index contributed by atoms with van der Waals surface area (Å²) in [6.07, 6.45) is -10.8. The summed E-state index contributed by atoms with van der Waals surface area (Å²) in [5.41, 5.74) is -0.741. The van der Waals surface area contributed by atoms with Crippen LogP contribution in [0, 0.1) is 9.81 Å². The molecule has 32 heavy (non-hydrogen) atoms. The fourth-order valence-electron chi connectivity index (χ4n) is 2.54. The van der Waals surface area contributed by atoms with E-state index in [1.54, 1.807) is 0 Å². The highest BCUT2D eigenvalue weighted by Gasteiger charge is 2.43. The molecule has 2 rings (SSSR count). The van der Waals surface area contributed by atoms with E-state index in [1.165, 1.54) is 24.3 Å². The molecule has 0 aliphatic carbocycles. The monoisotopic (exact) mass is 466 g/mol. The zero-order chi connectivity index (χ0) is 23.9. The predicted molar refractivity (Wildman–Crippen MR) is 99.1 cm³/mol. The van der Waals surface area contributed by atoms with Gasteiger partial charge in [0.05, 0.1) is 0 Å². The van der Waals surface area contributed by atoms with Crippen molar-refractivity contribution in [1.82, 2.24) is 0 Å². The Bertz CT molecular complexity index is 814. The summed E-state index contributed by atoms with van der Waals surface area (Å²) in [6, 6.07) is 3.74. The maximum atomic E-state index is 12.7. The Hall–Kier alpha value is -3.22. The van der Waals surface area contributed by atoms with Crippen molar-refractivity contribution < 1.29 is 40.9 Å².